The zero-order valence-corrected chi connectivity index (χ0v) is 13.4. The number of amides is 1. The third-order valence-corrected chi connectivity index (χ3v) is 3.45. The van der Waals surface area contributed by atoms with Crippen molar-refractivity contribution >= 4 is 21.8 Å². The summed E-state index contributed by atoms with van der Waals surface area (Å²) in [5, 5.41) is 2.95. The number of nitrogens with zero attached hydrogens (tertiary/aromatic N) is 1. The normalized spacial score (nSPS) is 10.7. The first-order valence-electron chi connectivity index (χ1n) is 6.78. The van der Waals surface area contributed by atoms with Crippen LogP contribution in [-0.2, 0) is 0 Å². The molecule has 0 aliphatic heterocycles. The Morgan fingerprint density at radius 3 is 2.37 bits per heavy atom. The molecular weight excluding hydrogens is 300 g/mol. The number of hydrogen-bond donors (Lipinski definition) is 1. The Morgan fingerprint density at radius 1 is 1.11 bits per heavy atom. The Kier molecular flexibility index (Phi) is 7.75. The number of carbonyl (C=O) groups excluding carboxylic acids is 1. The number of carbonyl (C=O) groups is 1. The topological polar surface area (TPSA) is 32.3 Å². The monoisotopic (exact) mass is 323 g/mol. The Labute approximate surface area is 124 Å². The summed E-state index contributed by atoms with van der Waals surface area (Å²) in [5.74, 6) is 0.0146. The van der Waals surface area contributed by atoms with Gasteiger partial charge in [0.1, 0.15) is 0 Å². The molecular formula is C15H23BrN2O. The Bertz CT molecular complexity index is 376. The van der Waals surface area contributed by atoms with Gasteiger partial charge in [-0.15, -0.1) is 0 Å². The van der Waals surface area contributed by atoms with Gasteiger partial charge in [-0.25, -0.2) is 0 Å². The average Bonchev–Trinajstić information content (AvgIpc) is 2.38. The Hall–Kier alpha value is -0.870. The molecule has 0 aliphatic carbocycles. The predicted octanol–water partition coefficient (Wildman–Crippen LogP) is 3.30. The molecule has 1 amide bonds. The van der Waals surface area contributed by atoms with Crippen molar-refractivity contribution in [1.82, 2.24) is 10.2 Å². The van der Waals surface area contributed by atoms with Crippen LogP contribution >= 0.6 is 15.9 Å². The van der Waals surface area contributed by atoms with Crippen LogP contribution < -0.4 is 5.32 Å². The van der Waals surface area contributed by atoms with Crippen molar-refractivity contribution in [3.63, 3.8) is 0 Å². The molecule has 0 aromatic heterocycles. The minimum Gasteiger partial charge on any atom is -0.352 e. The summed E-state index contributed by atoms with van der Waals surface area (Å²) in [4.78, 5) is 14.0. The van der Waals surface area contributed by atoms with Crippen LogP contribution in [0.2, 0.25) is 0 Å². The molecule has 3 nitrogen and oxygen atoms in total. The number of benzene rings is 1. The second-order valence-corrected chi connectivity index (χ2v) is 5.90. The summed E-state index contributed by atoms with van der Waals surface area (Å²) >= 11 is 3.36. The van der Waals surface area contributed by atoms with Crippen LogP contribution in [0.4, 0.5) is 0 Å². The minimum absolute atomic E-state index is 0.0146. The molecule has 0 heterocycles. The third kappa shape index (κ3) is 7.33. The van der Waals surface area contributed by atoms with Crippen LogP contribution in [-0.4, -0.2) is 38.0 Å². The van der Waals surface area contributed by atoms with E-state index in [1.54, 1.807) is 0 Å². The average molecular weight is 323 g/mol. The van der Waals surface area contributed by atoms with E-state index >= 15 is 0 Å². The maximum absolute atomic E-state index is 11.8. The third-order valence-electron chi connectivity index (χ3n) is 2.92. The lowest BCUT2D eigenvalue weighted by molar-refractivity contribution is 0.0953. The Morgan fingerprint density at radius 2 is 1.74 bits per heavy atom. The van der Waals surface area contributed by atoms with Crippen LogP contribution in [0.5, 0.6) is 0 Å². The van der Waals surface area contributed by atoms with Crippen molar-refractivity contribution in [2.24, 2.45) is 0 Å². The first kappa shape index (κ1) is 16.2. The van der Waals surface area contributed by atoms with Gasteiger partial charge in [0.25, 0.3) is 5.91 Å². The molecule has 4 heteroatoms. The van der Waals surface area contributed by atoms with Gasteiger partial charge in [0.2, 0.25) is 0 Å². The van der Waals surface area contributed by atoms with Gasteiger partial charge in [-0.2, -0.15) is 0 Å². The zero-order valence-electron chi connectivity index (χ0n) is 11.8. The van der Waals surface area contributed by atoms with Crippen LogP contribution in [0, 0.1) is 0 Å². The lowest BCUT2D eigenvalue weighted by Gasteiger charge is -2.09. The van der Waals surface area contributed by atoms with Crippen molar-refractivity contribution in [1.29, 1.82) is 0 Å². The van der Waals surface area contributed by atoms with Crippen LogP contribution in [0.15, 0.2) is 28.7 Å². The summed E-state index contributed by atoms with van der Waals surface area (Å²) in [6.07, 6.45) is 4.68. The molecule has 0 bridgehead atoms. The molecule has 106 valence electrons. The summed E-state index contributed by atoms with van der Waals surface area (Å²) in [5.41, 5.74) is 0.718. The minimum atomic E-state index is 0.0146. The highest BCUT2D eigenvalue weighted by Gasteiger charge is 2.03. The van der Waals surface area contributed by atoms with Crippen LogP contribution in [0.3, 0.4) is 0 Å². The summed E-state index contributed by atoms with van der Waals surface area (Å²) in [6, 6.07) is 7.43. The van der Waals surface area contributed by atoms with E-state index in [9.17, 15) is 4.79 Å². The lowest BCUT2D eigenvalue weighted by Crippen LogP contribution is -2.24. The fourth-order valence-electron chi connectivity index (χ4n) is 1.81. The van der Waals surface area contributed by atoms with Gasteiger partial charge in [-0.1, -0.05) is 28.8 Å². The quantitative estimate of drug-likeness (QED) is 0.745. The molecule has 0 unspecified atom stereocenters. The van der Waals surface area contributed by atoms with E-state index in [0.29, 0.717) is 0 Å². The zero-order chi connectivity index (χ0) is 14.1. The fraction of sp³-hybridized carbons (Fsp3) is 0.533. The number of halogens is 1. The lowest BCUT2D eigenvalue weighted by atomic mass is 10.2. The molecule has 0 saturated heterocycles. The second kappa shape index (κ2) is 9.10. The summed E-state index contributed by atoms with van der Waals surface area (Å²) in [6.45, 7) is 1.90. The highest BCUT2D eigenvalue weighted by atomic mass is 75.9. The molecule has 1 rings (SSSR count). The van der Waals surface area contributed by atoms with E-state index in [-0.39, 0.29) is 5.91 Å². The first-order chi connectivity index (χ1) is 9.09. The van der Waals surface area contributed by atoms with Crippen LogP contribution in [0.1, 0.15) is 36.0 Å². The smallest absolute Gasteiger partial charge is 0.251 e. The van der Waals surface area contributed by atoms with E-state index in [1.165, 1.54) is 19.3 Å². The number of nitrogens with one attached hydrogen (secondary N) is 1. The number of rotatable bonds is 8. The standard InChI is InChI=1S/C15H23BrN2O/c1-18(2)12-6-4-3-5-11-17-15(19)13-7-9-14(16)10-8-13/h7-10H,3-6,11-12H2,1-2H3,(H,17,19)/i16-4. The fourth-order valence-corrected chi connectivity index (χ4v) is 2.08. The molecule has 0 aliphatic rings. The van der Waals surface area contributed by atoms with Gasteiger partial charge in [-0.05, 0) is 57.7 Å². The second-order valence-electron chi connectivity index (χ2n) is 4.98. The molecule has 0 radical (unpaired) electrons. The van der Waals surface area contributed by atoms with Gasteiger partial charge >= 0.3 is 0 Å². The van der Waals surface area contributed by atoms with Crippen LogP contribution in [0.25, 0.3) is 0 Å². The number of hydrogen-bond acceptors (Lipinski definition) is 2. The maximum Gasteiger partial charge on any atom is 0.251 e. The van der Waals surface area contributed by atoms with E-state index in [2.05, 4.69) is 40.2 Å². The highest BCUT2D eigenvalue weighted by Crippen LogP contribution is 2.10. The molecule has 0 fully saturated rings. The first-order valence-corrected chi connectivity index (χ1v) is 7.57. The molecule has 1 aromatic carbocycles. The van der Waals surface area contributed by atoms with Gasteiger partial charge in [0, 0.05) is 16.6 Å². The van der Waals surface area contributed by atoms with Crippen molar-refractivity contribution in [2.75, 3.05) is 27.2 Å². The van der Waals surface area contributed by atoms with Crippen molar-refractivity contribution < 1.29 is 4.79 Å². The van der Waals surface area contributed by atoms with E-state index in [4.69, 9.17) is 0 Å². The van der Waals surface area contributed by atoms with E-state index < -0.39 is 0 Å². The van der Waals surface area contributed by atoms with Crippen molar-refractivity contribution in [3.8, 4) is 0 Å². The predicted molar refractivity (Wildman–Crippen MR) is 83.5 cm³/mol. The van der Waals surface area contributed by atoms with Gasteiger partial charge in [-0.3, -0.25) is 4.79 Å². The SMILES string of the molecule is CN(C)CCCCCCNC(=O)c1ccc([76Br])cc1. The molecule has 0 spiro atoms. The molecule has 19 heavy (non-hydrogen) atoms. The summed E-state index contributed by atoms with van der Waals surface area (Å²) < 4.78 is 0.991. The van der Waals surface area contributed by atoms with Gasteiger partial charge in [0.05, 0.1) is 0 Å². The van der Waals surface area contributed by atoms with E-state index in [0.717, 1.165) is 29.5 Å². The van der Waals surface area contributed by atoms with Gasteiger partial charge in [0.15, 0.2) is 0 Å². The molecule has 0 atom stereocenters. The van der Waals surface area contributed by atoms with Crippen molar-refractivity contribution in [2.45, 2.75) is 25.7 Å². The van der Waals surface area contributed by atoms with Crippen molar-refractivity contribution in [3.05, 3.63) is 34.3 Å². The largest absolute Gasteiger partial charge is 0.352 e. The summed E-state index contributed by atoms with van der Waals surface area (Å²) in [7, 11) is 4.19. The molecule has 0 saturated carbocycles. The maximum atomic E-state index is 11.8. The Balaban J connectivity index is 2.09. The molecule has 1 aromatic rings. The number of unbranched alkanes of at least 4 members (excludes halogenated alkanes) is 3. The van der Waals surface area contributed by atoms with E-state index in [1.807, 2.05) is 24.3 Å². The highest BCUT2D eigenvalue weighted by molar-refractivity contribution is 9.10. The van der Waals surface area contributed by atoms with Gasteiger partial charge < -0.3 is 10.2 Å². The molecule has 1 N–H and O–H groups in total.